The molecule has 1 aliphatic heterocycles. The number of piperidine rings is 1. The van der Waals surface area contributed by atoms with Gasteiger partial charge in [0.05, 0.1) is 18.9 Å². The van der Waals surface area contributed by atoms with Crippen molar-refractivity contribution >= 4 is 28.4 Å². The van der Waals surface area contributed by atoms with Crippen molar-refractivity contribution in [2.75, 3.05) is 37.5 Å². The SMILES string of the molecule is CCn1cnnc1-c1ccc(Nc2ncc3cc(C)nc(N4CCC(OC)CC4)c3n2)c(OC)c1. The molecule has 1 N–H and O–H groups in total. The lowest BCUT2D eigenvalue weighted by molar-refractivity contribution is 0.0818. The molecule has 0 aliphatic carbocycles. The van der Waals surface area contributed by atoms with Crippen LogP contribution in [-0.2, 0) is 11.3 Å². The van der Waals surface area contributed by atoms with Gasteiger partial charge in [-0.1, -0.05) is 0 Å². The molecule has 35 heavy (non-hydrogen) atoms. The van der Waals surface area contributed by atoms with Gasteiger partial charge >= 0.3 is 0 Å². The van der Waals surface area contributed by atoms with E-state index < -0.39 is 0 Å². The van der Waals surface area contributed by atoms with E-state index in [1.807, 2.05) is 42.0 Å². The number of pyridine rings is 1. The molecule has 0 amide bonds. The van der Waals surface area contributed by atoms with E-state index in [1.165, 1.54) is 0 Å². The lowest BCUT2D eigenvalue weighted by Crippen LogP contribution is -2.37. The van der Waals surface area contributed by atoms with Crippen LogP contribution < -0.4 is 15.0 Å². The number of nitrogens with zero attached hydrogens (tertiary/aromatic N) is 7. The summed E-state index contributed by atoms with van der Waals surface area (Å²) in [6.07, 6.45) is 5.81. The molecule has 0 spiro atoms. The van der Waals surface area contributed by atoms with Crippen LogP contribution in [0.4, 0.5) is 17.5 Å². The first-order chi connectivity index (χ1) is 17.1. The lowest BCUT2D eigenvalue weighted by Gasteiger charge is -2.32. The highest BCUT2D eigenvalue weighted by Gasteiger charge is 2.22. The summed E-state index contributed by atoms with van der Waals surface area (Å²) < 4.78 is 13.2. The molecule has 0 atom stereocenters. The van der Waals surface area contributed by atoms with Crippen molar-refractivity contribution in [2.24, 2.45) is 0 Å². The molecule has 0 unspecified atom stereocenters. The Hall–Kier alpha value is -3.79. The summed E-state index contributed by atoms with van der Waals surface area (Å²) >= 11 is 0. The summed E-state index contributed by atoms with van der Waals surface area (Å²) in [5.74, 6) is 2.84. The van der Waals surface area contributed by atoms with Gasteiger partial charge in [-0.2, -0.15) is 0 Å². The van der Waals surface area contributed by atoms with Gasteiger partial charge in [0, 0.05) is 49.6 Å². The zero-order chi connectivity index (χ0) is 24.4. The molecular weight excluding hydrogens is 444 g/mol. The Morgan fingerprint density at radius 3 is 2.69 bits per heavy atom. The first-order valence-electron chi connectivity index (χ1n) is 11.8. The number of rotatable bonds is 7. The van der Waals surface area contributed by atoms with Crippen LogP contribution in [-0.4, -0.2) is 63.1 Å². The largest absolute Gasteiger partial charge is 0.495 e. The van der Waals surface area contributed by atoms with Crippen LogP contribution >= 0.6 is 0 Å². The standard InChI is InChI=1S/C25H30N8O2/c1-5-32-15-27-31-23(32)17-6-7-20(21(13-17)35-4)29-25-26-14-18-12-16(2)28-24(22(18)30-25)33-10-8-19(34-3)9-11-33/h6-7,12-15,19H,5,8-11H2,1-4H3,(H,26,29,30). The normalized spacial score (nSPS) is 14.5. The Labute approximate surface area is 204 Å². The molecule has 4 heterocycles. The van der Waals surface area contributed by atoms with E-state index in [9.17, 15) is 0 Å². The summed E-state index contributed by atoms with van der Waals surface area (Å²) in [5, 5.41) is 12.6. The van der Waals surface area contributed by atoms with Gasteiger partial charge in [-0.25, -0.2) is 15.0 Å². The molecule has 1 aliphatic rings. The number of hydrogen-bond acceptors (Lipinski definition) is 9. The van der Waals surface area contributed by atoms with E-state index in [2.05, 4.69) is 32.3 Å². The number of aryl methyl sites for hydroxylation is 2. The third-order valence-corrected chi connectivity index (χ3v) is 6.41. The van der Waals surface area contributed by atoms with E-state index >= 15 is 0 Å². The quantitative estimate of drug-likeness (QED) is 0.426. The van der Waals surface area contributed by atoms with Gasteiger partial charge in [-0.3, -0.25) is 0 Å². The van der Waals surface area contributed by atoms with Crippen LogP contribution in [0.15, 0.2) is 36.8 Å². The van der Waals surface area contributed by atoms with E-state index in [0.717, 1.165) is 72.0 Å². The number of hydrogen-bond donors (Lipinski definition) is 1. The number of methoxy groups -OCH3 is 2. The van der Waals surface area contributed by atoms with Crippen molar-refractivity contribution < 1.29 is 9.47 Å². The van der Waals surface area contributed by atoms with Crippen LogP contribution in [0.1, 0.15) is 25.5 Å². The van der Waals surface area contributed by atoms with Crippen LogP contribution in [0.3, 0.4) is 0 Å². The van der Waals surface area contributed by atoms with Gasteiger partial charge in [0.2, 0.25) is 5.95 Å². The Bertz CT molecular complexity index is 1330. The number of aromatic nitrogens is 6. The predicted molar refractivity (Wildman–Crippen MR) is 135 cm³/mol. The Morgan fingerprint density at radius 2 is 1.94 bits per heavy atom. The number of nitrogens with one attached hydrogen (secondary N) is 1. The maximum Gasteiger partial charge on any atom is 0.227 e. The lowest BCUT2D eigenvalue weighted by atomic mass is 10.1. The number of benzene rings is 1. The third kappa shape index (κ3) is 4.61. The average Bonchev–Trinajstić information content (AvgIpc) is 3.38. The minimum Gasteiger partial charge on any atom is -0.495 e. The molecule has 1 fully saturated rings. The molecule has 4 aromatic rings. The van der Waals surface area contributed by atoms with Crippen LogP contribution in [0.25, 0.3) is 22.3 Å². The van der Waals surface area contributed by atoms with Crippen molar-refractivity contribution in [3.05, 3.63) is 42.5 Å². The van der Waals surface area contributed by atoms with Gasteiger partial charge in [-0.15, -0.1) is 10.2 Å². The summed E-state index contributed by atoms with van der Waals surface area (Å²) in [4.78, 5) is 16.6. The van der Waals surface area contributed by atoms with Gasteiger partial charge < -0.3 is 24.3 Å². The molecule has 182 valence electrons. The van der Waals surface area contributed by atoms with E-state index in [-0.39, 0.29) is 0 Å². The zero-order valence-corrected chi connectivity index (χ0v) is 20.5. The number of anilines is 3. The predicted octanol–water partition coefficient (Wildman–Crippen LogP) is 3.98. The Kier molecular flexibility index (Phi) is 6.45. The summed E-state index contributed by atoms with van der Waals surface area (Å²) in [6.45, 7) is 6.61. The van der Waals surface area contributed by atoms with Crippen LogP contribution in [0.5, 0.6) is 5.75 Å². The minimum atomic E-state index is 0.302. The molecule has 1 saturated heterocycles. The van der Waals surface area contributed by atoms with Crippen LogP contribution in [0.2, 0.25) is 0 Å². The average molecular weight is 475 g/mol. The highest BCUT2D eigenvalue weighted by atomic mass is 16.5. The van der Waals surface area contributed by atoms with Gasteiger partial charge in [-0.05, 0) is 51.0 Å². The fraction of sp³-hybridized carbons (Fsp3) is 0.400. The first kappa shape index (κ1) is 23.0. The van der Waals surface area contributed by atoms with Crippen molar-refractivity contribution in [2.45, 2.75) is 39.3 Å². The molecule has 10 heteroatoms. The van der Waals surface area contributed by atoms with E-state index in [4.69, 9.17) is 19.4 Å². The van der Waals surface area contributed by atoms with Gasteiger partial charge in [0.1, 0.15) is 17.6 Å². The summed E-state index contributed by atoms with van der Waals surface area (Å²) in [6, 6.07) is 7.89. The smallest absolute Gasteiger partial charge is 0.227 e. The molecule has 5 rings (SSSR count). The molecule has 10 nitrogen and oxygen atoms in total. The number of ether oxygens (including phenoxy) is 2. The van der Waals surface area contributed by atoms with Crippen molar-refractivity contribution in [1.82, 2.24) is 29.7 Å². The van der Waals surface area contributed by atoms with Crippen LogP contribution in [0, 0.1) is 6.92 Å². The first-order valence-corrected chi connectivity index (χ1v) is 11.8. The van der Waals surface area contributed by atoms with Gasteiger partial charge in [0.25, 0.3) is 0 Å². The maximum absolute atomic E-state index is 5.66. The minimum absolute atomic E-state index is 0.302. The second-order valence-corrected chi connectivity index (χ2v) is 8.62. The van der Waals surface area contributed by atoms with E-state index in [0.29, 0.717) is 17.8 Å². The summed E-state index contributed by atoms with van der Waals surface area (Å²) in [7, 11) is 3.42. The molecule has 3 aromatic heterocycles. The van der Waals surface area contributed by atoms with Gasteiger partial charge in [0.15, 0.2) is 11.6 Å². The molecular formula is C25H30N8O2. The topological polar surface area (TPSA) is 103 Å². The highest BCUT2D eigenvalue weighted by Crippen LogP contribution is 2.33. The maximum atomic E-state index is 5.66. The van der Waals surface area contributed by atoms with Crippen molar-refractivity contribution in [3.63, 3.8) is 0 Å². The second kappa shape index (κ2) is 9.83. The molecule has 0 saturated carbocycles. The molecule has 0 bridgehead atoms. The van der Waals surface area contributed by atoms with E-state index in [1.54, 1.807) is 20.5 Å². The fourth-order valence-electron chi connectivity index (χ4n) is 4.50. The fourth-order valence-corrected chi connectivity index (χ4v) is 4.50. The molecule has 0 radical (unpaired) electrons. The Morgan fingerprint density at radius 1 is 1.11 bits per heavy atom. The second-order valence-electron chi connectivity index (χ2n) is 8.62. The molecule has 1 aromatic carbocycles. The zero-order valence-electron chi connectivity index (χ0n) is 20.5. The van der Waals surface area contributed by atoms with Crippen molar-refractivity contribution in [3.8, 4) is 17.1 Å². The van der Waals surface area contributed by atoms with Crippen molar-refractivity contribution in [1.29, 1.82) is 0 Å². The third-order valence-electron chi connectivity index (χ3n) is 6.41. The Balaban J connectivity index is 1.46. The number of fused-ring (bicyclic) bond motifs is 1. The highest BCUT2D eigenvalue weighted by molar-refractivity contribution is 5.89. The monoisotopic (exact) mass is 474 g/mol. The summed E-state index contributed by atoms with van der Waals surface area (Å²) in [5.41, 5.74) is 3.46.